The summed E-state index contributed by atoms with van der Waals surface area (Å²) in [6.45, 7) is 0.793. The summed E-state index contributed by atoms with van der Waals surface area (Å²) in [5.41, 5.74) is 5.79. The predicted molar refractivity (Wildman–Crippen MR) is 72.8 cm³/mol. The van der Waals surface area contributed by atoms with Crippen LogP contribution in [0.25, 0.3) is 0 Å². The highest BCUT2D eigenvalue weighted by Gasteiger charge is 2.18. The van der Waals surface area contributed by atoms with Crippen molar-refractivity contribution in [2.24, 2.45) is 5.92 Å². The first kappa shape index (κ1) is 13.5. The van der Waals surface area contributed by atoms with E-state index in [2.05, 4.69) is 10.2 Å². The highest BCUT2D eigenvalue weighted by molar-refractivity contribution is 7.99. The molecule has 1 fully saturated rings. The largest absolute Gasteiger partial charge is 0.481 e. The quantitative estimate of drug-likeness (QED) is 0.786. The summed E-state index contributed by atoms with van der Waals surface area (Å²) in [4.78, 5) is 10.6. The summed E-state index contributed by atoms with van der Waals surface area (Å²) in [6.07, 6.45) is 2.34. The van der Waals surface area contributed by atoms with Gasteiger partial charge in [0.2, 0.25) is 5.95 Å². The van der Waals surface area contributed by atoms with Gasteiger partial charge in [-0.25, -0.2) is 0 Å². The predicted octanol–water partition coefficient (Wildman–Crippen LogP) is 1.18. The monoisotopic (exact) mass is 288 g/mol. The zero-order valence-electron chi connectivity index (χ0n) is 9.91. The highest BCUT2D eigenvalue weighted by atomic mass is 32.2. The topological polar surface area (TPSA) is 94.0 Å². The number of hydrogen-bond acceptors (Lipinski definition) is 6. The van der Waals surface area contributed by atoms with Crippen molar-refractivity contribution in [1.29, 1.82) is 0 Å². The Morgan fingerprint density at radius 3 is 2.89 bits per heavy atom. The fraction of sp³-hybridized carbons (Fsp3) is 0.700. The molecule has 1 aliphatic rings. The summed E-state index contributed by atoms with van der Waals surface area (Å²) in [5.74, 6) is 2.46. The number of nitrogens with two attached hydrogens (primary N) is 1. The lowest BCUT2D eigenvalue weighted by molar-refractivity contribution is -0.133. The maximum atomic E-state index is 10.6. The molecule has 0 amide bonds. The summed E-state index contributed by atoms with van der Waals surface area (Å²) in [5, 5.41) is 17.1. The van der Waals surface area contributed by atoms with Crippen molar-refractivity contribution in [2.45, 2.75) is 24.5 Å². The van der Waals surface area contributed by atoms with Crippen LogP contribution in [0.1, 0.15) is 12.8 Å². The van der Waals surface area contributed by atoms with Crippen molar-refractivity contribution in [1.82, 2.24) is 14.8 Å². The van der Waals surface area contributed by atoms with Crippen molar-refractivity contribution in [3.8, 4) is 0 Å². The molecule has 0 unspecified atom stereocenters. The van der Waals surface area contributed by atoms with Crippen molar-refractivity contribution in [2.75, 3.05) is 23.0 Å². The Hall–Kier alpha value is -0.890. The van der Waals surface area contributed by atoms with E-state index >= 15 is 0 Å². The van der Waals surface area contributed by atoms with Gasteiger partial charge in [0, 0.05) is 6.54 Å². The third-order valence-electron chi connectivity index (χ3n) is 2.85. The van der Waals surface area contributed by atoms with E-state index in [9.17, 15) is 4.79 Å². The van der Waals surface area contributed by atoms with E-state index in [0.717, 1.165) is 6.54 Å². The highest BCUT2D eigenvalue weighted by Crippen LogP contribution is 2.27. The van der Waals surface area contributed by atoms with Crippen molar-refractivity contribution in [3.63, 3.8) is 0 Å². The average Bonchev–Trinajstić information content (AvgIpc) is 2.70. The molecule has 6 nitrogen and oxygen atoms in total. The number of aromatic nitrogens is 3. The van der Waals surface area contributed by atoms with Crippen LogP contribution in [-0.4, -0.2) is 43.1 Å². The summed E-state index contributed by atoms with van der Waals surface area (Å²) in [6, 6.07) is 0. The average molecular weight is 288 g/mol. The van der Waals surface area contributed by atoms with Crippen LogP contribution in [-0.2, 0) is 11.3 Å². The number of thioether (sulfide) groups is 2. The molecular formula is C10H16N4O2S2. The van der Waals surface area contributed by atoms with Gasteiger partial charge in [-0.1, -0.05) is 11.8 Å². The van der Waals surface area contributed by atoms with Gasteiger partial charge in [0.25, 0.3) is 0 Å². The second kappa shape index (κ2) is 6.33. The van der Waals surface area contributed by atoms with Crippen LogP contribution in [0.4, 0.5) is 5.95 Å². The molecule has 1 aromatic heterocycles. The third kappa shape index (κ3) is 3.55. The van der Waals surface area contributed by atoms with Gasteiger partial charge in [-0.15, -0.1) is 10.2 Å². The lowest BCUT2D eigenvalue weighted by Gasteiger charge is -2.22. The number of aliphatic carboxylic acids is 1. The number of nitrogens with zero attached hydrogens (tertiary/aromatic N) is 3. The van der Waals surface area contributed by atoms with Crippen LogP contribution >= 0.6 is 23.5 Å². The summed E-state index contributed by atoms with van der Waals surface area (Å²) >= 11 is 3.15. The Bertz CT molecular complexity index is 418. The van der Waals surface area contributed by atoms with Crippen LogP contribution in [0.5, 0.6) is 0 Å². The Morgan fingerprint density at radius 2 is 2.22 bits per heavy atom. The first-order valence-corrected chi connectivity index (χ1v) is 7.92. The second-order valence-electron chi connectivity index (χ2n) is 4.19. The molecule has 8 heteroatoms. The molecule has 100 valence electrons. The van der Waals surface area contributed by atoms with E-state index in [1.165, 1.54) is 36.1 Å². The van der Waals surface area contributed by atoms with Gasteiger partial charge in [0.05, 0.1) is 5.75 Å². The normalized spacial score (nSPS) is 16.9. The van der Waals surface area contributed by atoms with E-state index < -0.39 is 5.97 Å². The van der Waals surface area contributed by atoms with Crippen molar-refractivity contribution in [3.05, 3.63) is 0 Å². The van der Waals surface area contributed by atoms with Gasteiger partial charge in [-0.05, 0) is 30.3 Å². The SMILES string of the molecule is Nc1nnc(SCC(=O)O)n1CC1CCSCC1. The number of carbonyl (C=O) groups is 1. The molecule has 0 aliphatic carbocycles. The minimum atomic E-state index is -0.859. The summed E-state index contributed by atoms with van der Waals surface area (Å²) in [7, 11) is 0. The molecule has 0 radical (unpaired) electrons. The number of rotatable bonds is 5. The van der Waals surface area contributed by atoms with Gasteiger partial charge in [-0.2, -0.15) is 11.8 Å². The molecule has 0 spiro atoms. The van der Waals surface area contributed by atoms with Gasteiger partial charge in [0.15, 0.2) is 5.16 Å². The molecule has 1 aromatic rings. The Labute approximate surface area is 114 Å². The van der Waals surface area contributed by atoms with Gasteiger partial charge in [-0.3, -0.25) is 9.36 Å². The number of carboxylic acids is 1. The molecule has 0 atom stereocenters. The first-order valence-electron chi connectivity index (χ1n) is 5.78. The van der Waals surface area contributed by atoms with Crippen molar-refractivity contribution < 1.29 is 9.90 Å². The van der Waals surface area contributed by atoms with Gasteiger partial charge in [0.1, 0.15) is 0 Å². The zero-order chi connectivity index (χ0) is 13.0. The molecule has 0 saturated carbocycles. The molecule has 18 heavy (non-hydrogen) atoms. The van der Waals surface area contributed by atoms with E-state index in [-0.39, 0.29) is 5.75 Å². The molecule has 2 heterocycles. The molecule has 3 N–H and O–H groups in total. The maximum absolute atomic E-state index is 10.6. The Morgan fingerprint density at radius 1 is 1.50 bits per heavy atom. The van der Waals surface area contributed by atoms with E-state index in [4.69, 9.17) is 10.8 Å². The molecular weight excluding hydrogens is 272 g/mol. The van der Waals surface area contributed by atoms with E-state index in [1.54, 1.807) is 0 Å². The van der Waals surface area contributed by atoms with E-state index in [1.807, 2.05) is 16.3 Å². The van der Waals surface area contributed by atoms with Gasteiger partial charge >= 0.3 is 5.97 Å². The third-order valence-corrected chi connectivity index (χ3v) is 4.85. The fourth-order valence-electron chi connectivity index (χ4n) is 1.89. The van der Waals surface area contributed by atoms with Crippen LogP contribution in [0.2, 0.25) is 0 Å². The number of carboxylic acid groups (broad SMARTS) is 1. The lowest BCUT2D eigenvalue weighted by atomic mass is 10.0. The fourth-order valence-corrected chi connectivity index (χ4v) is 3.77. The Kier molecular flexibility index (Phi) is 4.76. The summed E-state index contributed by atoms with van der Waals surface area (Å²) < 4.78 is 1.84. The van der Waals surface area contributed by atoms with Crippen LogP contribution in [0, 0.1) is 5.92 Å². The molecule has 2 rings (SSSR count). The van der Waals surface area contributed by atoms with Crippen LogP contribution < -0.4 is 5.73 Å². The number of anilines is 1. The molecule has 0 bridgehead atoms. The maximum Gasteiger partial charge on any atom is 0.313 e. The molecule has 0 aromatic carbocycles. The number of hydrogen-bond donors (Lipinski definition) is 2. The first-order chi connectivity index (χ1) is 8.66. The van der Waals surface area contributed by atoms with Crippen molar-refractivity contribution >= 4 is 35.4 Å². The standard InChI is InChI=1S/C10H16N4O2S2/c11-9-12-13-10(18-6-8(15)16)14(9)5-7-1-3-17-4-2-7/h7H,1-6H2,(H2,11,12)(H,15,16). The minimum absolute atomic E-state index is 0.0152. The van der Waals surface area contributed by atoms with Gasteiger partial charge < -0.3 is 10.8 Å². The Balaban J connectivity index is 2.01. The molecule has 1 saturated heterocycles. The minimum Gasteiger partial charge on any atom is -0.481 e. The van der Waals surface area contributed by atoms with Crippen LogP contribution in [0.15, 0.2) is 5.16 Å². The molecule has 1 aliphatic heterocycles. The smallest absolute Gasteiger partial charge is 0.313 e. The zero-order valence-corrected chi connectivity index (χ0v) is 11.5. The lowest BCUT2D eigenvalue weighted by Crippen LogP contribution is -2.18. The number of nitrogen functional groups attached to an aromatic ring is 1. The second-order valence-corrected chi connectivity index (χ2v) is 6.36. The van der Waals surface area contributed by atoms with Crippen LogP contribution in [0.3, 0.4) is 0 Å². The van der Waals surface area contributed by atoms with E-state index in [0.29, 0.717) is 17.0 Å².